The van der Waals surface area contributed by atoms with Crippen LogP contribution in [0, 0.1) is 11.7 Å². The monoisotopic (exact) mass is 248 g/mol. The molecular formula is C15H21FN2. The van der Waals surface area contributed by atoms with E-state index in [-0.39, 0.29) is 5.82 Å². The lowest BCUT2D eigenvalue weighted by Crippen LogP contribution is -2.46. The van der Waals surface area contributed by atoms with Gasteiger partial charge in [0, 0.05) is 24.8 Å². The van der Waals surface area contributed by atoms with E-state index in [1.54, 1.807) is 12.1 Å². The average Bonchev–Trinajstić information content (AvgIpc) is 3.21. The molecule has 1 aromatic rings. The summed E-state index contributed by atoms with van der Waals surface area (Å²) in [7, 11) is 0. The Hall–Kier alpha value is -1.09. The van der Waals surface area contributed by atoms with Gasteiger partial charge in [-0.05, 0) is 56.3 Å². The Bertz CT molecular complexity index is 403. The highest BCUT2D eigenvalue weighted by molar-refractivity contribution is 5.47. The van der Waals surface area contributed by atoms with E-state index in [4.69, 9.17) is 0 Å². The van der Waals surface area contributed by atoms with E-state index < -0.39 is 0 Å². The van der Waals surface area contributed by atoms with Crippen LogP contribution in [0.2, 0.25) is 0 Å². The summed E-state index contributed by atoms with van der Waals surface area (Å²) in [6, 6.07) is 7.53. The van der Waals surface area contributed by atoms with E-state index in [0.717, 1.165) is 24.7 Å². The molecule has 1 aliphatic heterocycles. The van der Waals surface area contributed by atoms with Gasteiger partial charge in [-0.15, -0.1) is 0 Å². The molecule has 3 rings (SSSR count). The Morgan fingerprint density at radius 2 is 2.17 bits per heavy atom. The lowest BCUT2D eigenvalue weighted by Gasteiger charge is -2.35. The van der Waals surface area contributed by atoms with Crippen LogP contribution in [-0.4, -0.2) is 25.7 Å². The second-order valence-electron chi connectivity index (χ2n) is 5.62. The van der Waals surface area contributed by atoms with Gasteiger partial charge in [-0.25, -0.2) is 4.39 Å². The predicted octanol–water partition coefficient (Wildman–Crippen LogP) is 2.79. The second-order valence-corrected chi connectivity index (χ2v) is 5.62. The van der Waals surface area contributed by atoms with Crippen LogP contribution in [0.25, 0.3) is 0 Å². The minimum atomic E-state index is -0.138. The number of nitrogens with zero attached hydrogens (tertiary/aromatic N) is 1. The summed E-state index contributed by atoms with van der Waals surface area (Å²) >= 11 is 0. The number of benzene rings is 1. The maximum absolute atomic E-state index is 13.2. The number of halogens is 1. The van der Waals surface area contributed by atoms with Crippen molar-refractivity contribution >= 4 is 5.69 Å². The number of rotatable bonds is 4. The van der Waals surface area contributed by atoms with Crippen molar-refractivity contribution in [3.63, 3.8) is 0 Å². The molecule has 18 heavy (non-hydrogen) atoms. The lowest BCUT2D eigenvalue weighted by molar-refractivity contribution is 0.416. The van der Waals surface area contributed by atoms with E-state index in [2.05, 4.69) is 10.2 Å². The molecule has 1 saturated carbocycles. The highest BCUT2D eigenvalue weighted by Gasteiger charge is 2.24. The fourth-order valence-corrected chi connectivity index (χ4v) is 2.71. The van der Waals surface area contributed by atoms with Crippen molar-refractivity contribution in [2.45, 2.75) is 31.7 Å². The van der Waals surface area contributed by atoms with Gasteiger partial charge in [0.2, 0.25) is 0 Å². The van der Waals surface area contributed by atoms with E-state index in [1.165, 1.54) is 38.3 Å². The second kappa shape index (κ2) is 5.27. The van der Waals surface area contributed by atoms with Gasteiger partial charge in [-0.1, -0.05) is 6.07 Å². The first-order chi connectivity index (χ1) is 8.81. The third-order valence-corrected chi connectivity index (χ3v) is 3.99. The fraction of sp³-hybridized carbons (Fsp3) is 0.600. The average molecular weight is 248 g/mol. The number of piperidine rings is 1. The zero-order valence-electron chi connectivity index (χ0n) is 10.7. The van der Waals surface area contributed by atoms with Crippen LogP contribution in [0.3, 0.4) is 0 Å². The largest absolute Gasteiger partial charge is 0.370 e. The fourth-order valence-electron chi connectivity index (χ4n) is 2.71. The molecule has 3 heteroatoms. The van der Waals surface area contributed by atoms with Gasteiger partial charge in [-0.3, -0.25) is 0 Å². The van der Waals surface area contributed by atoms with Crippen LogP contribution in [0.15, 0.2) is 24.3 Å². The lowest BCUT2D eigenvalue weighted by atomic mass is 10.0. The summed E-state index contributed by atoms with van der Waals surface area (Å²) in [6.07, 6.45) is 5.23. The maximum Gasteiger partial charge on any atom is 0.125 e. The van der Waals surface area contributed by atoms with Gasteiger partial charge >= 0.3 is 0 Å². The molecule has 98 valence electrons. The Morgan fingerprint density at radius 1 is 1.28 bits per heavy atom. The van der Waals surface area contributed by atoms with Crippen LogP contribution in [0.5, 0.6) is 0 Å². The Kier molecular flexibility index (Phi) is 3.50. The summed E-state index contributed by atoms with van der Waals surface area (Å²) < 4.78 is 13.2. The molecule has 1 saturated heterocycles. The first-order valence-electron chi connectivity index (χ1n) is 7.05. The van der Waals surface area contributed by atoms with Crippen molar-refractivity contribution in [3.8, 4) is 0 Å². The van der Waals surface area contributed by atoms with Crippen LogP contribution in [0.1, 0.15) is 25.7 Å². The molecule has 0 aromatic heterocycles. The van der Waals surface area contributed by atoms with E-state index in [9.17, 15) is 4.39 Å². The first-order valence-corrected chi connectivity index (χ1v) is 7.05. The van der Waals surface area contributed by atoms with Gasteiger partial charge in [0.25, 0.3) is 0 Å². The molecule has 0 bridgehead atoms. The van der Waals surface area contributed by atoms with Crippen LogP contribution in [-0.2, 0) is 0 Å². The molecule has 0 spiro atoms. The van der Waals surface area contributed by atoms with Crippen molar-refractivity contribution in [2.75, 3.05) is 24.5 Å². The smallest absolute Gasteiger partial charge is 0.125 e. The number of anilines is 1. The Morgan fingerprint density at radius 3 is 2.94 bits per heavy atom. The quantitative estimate of drug-likeness (QED) is 0.881. The number of hydrogen-bond donors (Lipinski definition) is 1. The standard InChI is InChI=1S/C15H21FN2/c16-13-3-1-5-15(9-13)18-8-2-4-14(11-18)17-10-12-6-7-12/h1,3,5,9,12,14,17H,2,4,6-8,10-11H2. The first kappa shape index (κ1) is 12.0. The maximum atomic E-state index is 13.2. The molecule has 0 amide bonds. The highest BCUT2D eigenvalue weighted by Crippen LogP contribution is 2.28. The summed E-state index contributed by atoms with van der Waals surface area (Å²) in [4.78, 5) is 2.30. The minimum absolute atomic E-state index is 0.138. The third kappa shape index (κ3) is 3.02. The van der Waals surface area contributed by atoms with Gasteiger partial charge < -0.3 is 10.2 Å². The molecule has 1 aliphatic carbocycles. The van der Waals surface area contributed by atoms with E-state index >= 15 is 0 Å². The molecule has 2 fully saturated rings. The predicted molar refractivity (Wildman–Crippen MR) is 72.4 cm³/mol. The summed E-state index contributed by atoms with van der Waals surface area (Å²) in [6.45, 7) is 3.23. The molecule has 1 atom stereocenters. The molecule has 0 radical (unpaired) electrons. The summed E-state index contributed by atoms with van der Waals surface area (Å²) in [5.41, 5.74) is 1.02. The minimum Gasteiger partial charge on any atom is -0.370 e. The van der Waals surface area contributed by atoms with Gasteiger partial charge in [0.05, 0.1) is 0 Å². The van der Waals surface area contributed by atoms with Crippen LogP contribution < -0.4 is 10.2 Å². The van der Waals surface area contributed by atoms with Crippen LogP contribution in [0.4, 0.5) is 10.1 Å². The molecule has 2 nitrogen and oxygen atoms in total. The van der Waals surface area contributed by atoms with Crippen molar-refractivity contribution in [2.24, 2.45) is 5.92 Å². The number of nitrogens with one attached hydrogen (secondary N) is 1. The third-order valence-electron chi connectivity index (χ3n) is 3.99. The van der Waals surface area contributed by atoms with Crippen molar-refractivity contribution in [1.29, 1.82) is 0 Å². The Balaban J connectivity index is 1.58. The van der Waals surface area contributed by atoms with Gasteiger partial charge in [0.15, 0.2) is 0 Å². The normalized spacial score (nSPS) is 24.3. The molecule has 1 aromatic carbocycles. The molecule has 2 aliphatic rings. The van der Waals surface area contributed by atoms with Gasteiger partial charge in [-0.2, -0.15) is 0 Å². The van der Waals surface area contributed by atoms with E-state index in [0.29, 0.717) is 6.04 Å². The summed E-state index contributed by atoms with van der Waals surface area (Å²) in [5, 5.41) is 3.66. The van der Waals surface area contributed by atoms with E-state index in [1.807, 2.05) is 6.07 Å². The summed E-state index contributed by atoms with van der Waals surface area (Å²) in [5.74, 6) is 0.787. The van der Waals surface area contributed by atoms with Crippen LogP contribution >= 0.6 is 0 Å². The van der Waals surface area contributed by atoms with Crippen molar-refractivity contribution < 1.29 is 4.39 Å². The molecule has 1 N–H and O–H groups in total. The highest BCUT2D eigenvalue weighted by atomic mass is 19.1. The van der Waals surface area contributed by atoms with Crippen molar-refractivity contribution in [3.05, 3.63) is 30.1 Å². The number of hydrogen-bond acceptors (Lipinski definition) is 2. The molecule has 1 unspecified atom stereocenters. The Labute approximate surface area is 108 Å². The molecular weight excluding hydrogens is 227 g/mol. The van der Waals surface area contributed by atoms with Crippen molar-refractivity contribution in [1.82, 2.24) is 5.32 Å². The van der Waals surface area contributed by atoms with Gasteiger partial charge in [0.1, 0.15) is 5.82 Å². The zero-order chi connectivity index (χ0) is 12.4. The topological polar surface area (TPSA) is 15.3 Å². The molecule has 1 heterocycles. The SMILES string of the molecule is Fc1cccc(N2CCCC(NCC3CC3)C2)c1. The zero-order valence-corrected chi connectivity index (χ0v) is 10.7.